The molecule has 3 rings (SSSR count). The lowest BCUT2D eigenvalue weighted by Crippen LogP contribution is -2.30. The van der Waals surface area contributed by atoms with Crippen LogP contribution in [0, 0.1) is 6.92 Å². The quantitative estimate of drug-likeness (QED) is 0.650. The van der Waals surface area contributed by atoms with Gasteiger partial charge in [-0.05, 0) is 43.2 Å². The molecule has 7 heteroatoms. The Bertz CT molecular complexity index is 895. The normalized spacial score (nSPS) is 12.0. The Balaban J connectivity index is 1.64. The molecule has 1 N–H and O–H groups in total. The predicted molar refractivity (Wildman–Crippen MR) is 105 cm³/mol. The van der Waals surface area contributed by atoms with Crippen LogP contribution in [0.4, 0.5) is 0 Å². The molecule has 1 unspecified atom stereocenters. The maximum absolute atomic E-state index is 12.4. The number of para-hydroxylation sites is 1. The molecular formula is C19H19ClN4OS. The maximum atomic E-state index is 12.4. The van der Waals surface area contributed by atoms with Crippen molar-refractivity contribution in [2.45, 2.75) is 30.8 Å². The summed E-state index contributed by atoms with van der Waals surface area (Å²) in [7, 11) is 0. The van der Waals surface area contributed by atoms with Crippen LogP contribution in [-0.4, -0.2) is 25.9 Å². The predicted octanol–water partition coefficient (Wildman–Crippen LogP) is 4.03. The van der Waals surface area contributed by atoms with Crippen LogP contribution < -0.4 is 5.32 Å². The Morgan fingerprint density at radius 2 is 1.96 bits per heavy atom. The van der Waals surface area contributed by atoms with Gasteiger partial charge in [-0.2, -0.15) is 0 Å². The summed E-state index contributed by atoms with van der Waals surface area (Å²) in [6, 6.07) is 15.4. The summed E-state index contributed by atoms with van der Waals surface area (Å²) in [5.41, 5.74) is 3.13. The van der Waals surface area contributed by atoms with E-state index in [-0.39, 0.29) is 11.2 Å². The topological polar surface area (TPSA) is 59.8 Å². The van der Waals surface area contributed by atoms with E-state index in [9.17, 15) is 4.79 Å². The third-order valence-corrected chi connectivity index (χ3v) is 5.23. The highest BCUT2D eigenvalue weighted by Gasteiger charge is 2.18. The molecule has 0 aliphatic carbocycles. The number of carbonyl (C=O) groups is 1. The molecule has 0 fully saturated rings. The molecule has 1 aromatic heterocycles. The largest absolute Gasteiger partial charge is 0.351 e. The number of nitrogens with zero attached hydrogens (tertiary/aromatic N) is 3. The van der Waals surface area contributed by atoms with Gasteiger partial charge in [0.05, 0.1) is 10.9 Å². The first-order chi connectivity index (χ1) is 12.5. The van der Waals surface area contributed by atoms with Crippen LogP contribution in [0.1, 0.15) is 18.1 Å². The van der Waals surface area contributed by atoms with Crippen LogP contribution in [0.25, 0.3) is 5.69 Å². The van der Waals surface area contributed by atoms with E-state index in [1.807, 2.05) is 66.9 Å². The van der Waals surface area contributed by atoms with Crippen molar-refractivity contribution < 1.29 is 4.79 Å². The monoisotopic (exact) mass is 386 g/mol. The summed E-state index contributed by atoms with van der Waals surface area (Å²) < 4.78 is 1.91. The van der Waals surface area contributed by atoms with E-state index in [2.05, 4.69) is 15.5 Å². The molecule has 26 heavy (non-hydrogen) atoms. The Kier molecular flexibility index (Phi) is 5.96. The van der Waals surface area contributed by atoms with Gasteiger partial charge in [-0.3, -0.25) is 9.36 Å². The number of halogens is 1. The minimum atomic E-state index is -0.297. The molecule has 5 nitrogen and oxygen atoms in total. The minimum Gasteiger partial charge on any atom is -0.351 e. The highest BCUT2D eigenvalue weighted by molar-refractivity contribution is 8.00. The molecule has 2 aromatic carbocycles. The summed E-state index contributed by atoms with van der Waals surface area (Å²) in [6.45, 7) is 4.36. The number of hydrogen-bond acceptors (Lipinski definition) is 4. The van der Waals surface area contributed by atoms with Gasteiger partial charge in [0.15, 0.2) is 5.16 Å². The van der Waals surface area contributed by atoms with Gasteiger partial charge in [-0.1, -0.05) is 53.7 Å². The zero-order chi connectivity index (χ0) is 18.5. The fourth-order valence-corrected chi connectivity index (χ4v) is 3.44. The first-order valence-electron chi connectivity index (χ1n) is 8.19. The molecule has 0 saturated heterocycles. The van der Waals surface area contributed by atoms with E-state index in [0.29, 0.717) is 16.7 Å². The molecular weight excluding hydrogens is 368 g/mol. The van der Waals surface area contributed by atoms with Crippen molar-refractivity contribution in [3.8, 4) is 5.69 Å². The van der Waals surface area contributed by atoms with Gasteiger partial charge in [0, 0.05) is 11.6 Å². The minimum absolute atomic E-state index is 0.0516. The third kappa shape index (κ3) is 4.45. The maximum Gasteiger partial charge on any atom is 0.233 e. The number of aryl methyl sites for hydroxylation is 1. The molecule has 1 amide bonds. The Hall–Kier alpha value is -2.31. The molecule has 134 valence electrons. The number of thioether (sulfide) groups is 1. The van der Waals surface area contributed by atoms with Gasteiger partial charge in [0.2, 0.25) is 5.91 Å². The van der Waals surface area contributed by atoms with Crippen molar-refractivity contribution in [3.63, 3.8) is 0 Å². The fraction of sp³-hybridized carbons (Fsp3) is 0.211. The SMILES string of the molecule is Cc1ccccc1-n1cnnc1SC(C)C(=O)NCc1ccc(Cl)cc1. The molecule has 0 saturated carbocycles. The number of nitrogens with one attached hydrogen (secondary N) is 1. The number of rotatable bonds is 6. The molecule has 1 heterocycles. The standard InChI is InChI=1S/C19H19ClN4OS/c1-13-5-3-4-6-17(13)24-12-22-23-19(24)26-14(2)18(25)21-11-15-7-9-16(20)10-8-15/h3-10,12,14H,11H2,1-2H3,(H,21,25). The average Bonchev–Trinajstić information content (AvgIpc) is 3.09. The first-order valence-corrected chi connectivity index (χ1v) is 9.45. The van der Waals surface area contributed by atoms with Crippen LogP contribution in [0.15, 0.2) is 60.0 Å². The van der Waals surface area contributed by atoms with Gasteiger partial charge >= 0.3 is 0 Å². The van der Waals surface area contributed by atoms with E-state index >= 15 is 0 Å². The van der Waals surface area contributed by atoms with Crippen LogP contribution in [0.2, 0.25) is 5.02 Å². The molecule has 0 bridgehead atoms. The molecule has 1 atom stereocenters. The molecule has 0 aliphatic heterocycles. The Morgan fingerprint density at radius 1 is 1.23 bits per heavy atom. The van der Waals surface area contributed by atoms with E-state index in [4.69, 9.17) is 11.6 Å². The molecule has 0 aliphatic rings. The summed E-state index contributed by atoms with van der Waals surface area (Å²) in [5, 5.41) is 12.2. The van der Waals surface area contributed by atoms with Crippen LogP contribution in [0.5, 0.6) is 0 Å². The van der Waals surface area contributed by atoms with Gasteiger partial charge in [0.25, 0.3) is 0 Å². The highest BCUT2D eigenvalue weighted by atomic mass is 35.5. The number of benzene rings is 2. The fourth-order valence-electron chi connectivity index (χ4n) is 2.45. The van der Waals surface area contributed by atoms with Gasteiger partial charge < -0.3 is 5.32 Å². The van der Waals surface area contributed by atoms with E-state index in [1.54, 1.807) is 6.33 Å². The molecule has 0 spiro atoms. The van der Waals surface area contributed by atoms with Crippen molar-refractivity contribution in [2.24, 2.45) is 0 Å². The molecule has 0 radical (unpaired) electrons. The Morgan fingerprint density at radius 3 is 2.69 bits per heavy atom. The second kappa shape index (κ2) is 8.38. The summed E-state index contributed by atoms with van der Waals surface area (Å²) in [5.74, 6) is -0.0516. The number of amides is 1. The van der Waals surface area contributed by atoms with E-state index in [1.165, 1.54) is 11.8 Å². The average molecular weight is 387 g/mol. The lowest BCUT2D eigenvalue weighted by molar-refractivity contribution is -0.120. The van der Waals surface area contributed by atoms with Crippen molar-refractivity contribution in [2.75, 3.05) is 0 Å². The van der Waals surface area contributed by atoms with Gasteiger partial charge in [-0.25, -0.2) is 0 Å². The van der Waals surface area contributed by atoms with Crippen molar-refractivity contribution >= 4 is 29.3 Å². The molecule has 3 aromatic rings. The number of carbonyl (C=O) groups excluding carboxylic acids is 1. The second-order valence-electron chi connectivity index (χ2n) is 5.87. The van der Waals surface area contributed by atoms with E-state index in [0.717, 1.165) is 16.8 Å². The zero-order valence-electron chi connectivity index (χ0n) is 14.5. The van der Waals surface area contributed by atoms with Crippen LogP contribution in [0.3, 0.4) is 0 Å². The first kappa shape index (κ1) is 18.5. The lowest BCUT2D eigenvalue weighted by Gasteiger charge is -2.13. The van der Waals surface area contributed by atoms with E-state index < -0.39 is 0 Å². The smallest absolute Gasteiger partial charge is 0.233 e. The Labute approximate surface area is 161 Å². The van der Waals surface area contributed by atoms with Crippen molar-refractivity contribution in [1.29, 1.82) is 0 Å². The number of aromatic nitrogens is 3. The second-order valence-corrected chi connectivity index (χ2v) is 7.62. The summed E-state index contributed by atoms with van der Waals surface area (Å²) >= 11 is 7.26. The van der Waals surface area contributed by atoms with Crippen LogP contribution >= 0.6 is 23.4 Å². The highest BCUT2D eigenvalue weighted by Crippen LogP contribution is 2.25. The summed E-state index contributed by atoms with van der Waals surface area (Å²) in [6.07, 6.45) is 1.67. The number of hydrogen-bond donors (Lipinski definition) is 1. The third-order valence-electron chi connectivity index (χ3n) is 3.92. The summed E-state index contributed by atoms with van der Waals surface area (Å²) in [4.78, 5) is 12.4. The van der Waals surface area contributed by atoms with Gasteiger partial charge in [0.1, 0.15) is 6.33 Å². The van der Waals surface area contributed by atoms with Crippen molar-refractivity contribution in [3.05, 3.63) is 71.0 Å². The van der Waals surface area contributed by atoms with Crippen molar-refractivity contribution in [1.82, 2.24) is 20.1 Å². The lowest BCUT2D eigenvalue weighted by atomic mass is 10.2. The van der Waals surface area contributed by atoms with Crippen LogP contribution in [-0.2, 0) is 11.3 Å². The van der Waals surface area contributed by atoms with Gasteiger partial charge in [-0.15, -0.1) is 10.2 Å². The zero-order valence-corrected chi connectivity index (χ0v) is 16.1.